The Kier molecular flexibility index (Phi) is 4.73. The van der Waals surface area contributed by atoms with E-state index >= 15 is 0 Å². The Hall–Kier alpha value is -3.35. The maximum atomic E-state index is 12.5. The molecular weight excluding hydrogens is 356 g/mol. The first-order chi connectivity index (χ1) is 13.5. The van der Waals surface area contributed by atoms with Gasteiger partial charge in [-0.05, 0) is 38.1 Å². The van der Waals surface area contributed by atoms with Gasteiger partial charge in [-0.3, -0.25) is 9.59 Å². The molecule has 2 N–H and O–H groups in total. The van der Waals surface area contributed by atoms with Crippen LogP contribution in [-0.2, 0) is 9.59 Å². The number of benzene rings is 1. The first-order valence-electron chi connectivity index (χ1n) is 9.31. The van der Waals surface area contributed by atoms with E-state index < -0.39 is 0 Å². The Balaban J connectivity index is 1.40. The highest BCUT2D eigenvalue weighted by Gasteiger charge is 2.35. The molecule has 1 aliphatic heterocycles. The highest BCUT2D eigenvalue weighted by atomic mass is 16.5. The van der Waals surface area contributed by atoms with Crippen molar-refractivity contribution in [1.29, 1.82) is 0 Å². The van der Waals surface area contributed by atoms with Gasteiger partial charge in [0.25, 0.3) is 0 Å². The number of H-pyrrole nitrogens is 1. The molecule has 7 heteroatoms. The van der Waals surface area contributed by atoms with E-state index in [0.717, 1.165) is 10.9 Å². The lowest BCUT2D eigenvalue weighted by Crippen LogP contribution is -2.33. The van der Waals surface area contributed by atoms with Crippen molar-refractivity contribution in [3.05, 3.63) is 48.8 Å². The number of carbonyl (C=O) groups is 2. The minimum Gasteiger partial charge on any atom is -0.438 e. The van der Waals surface area contributed by atoms with Crippen molar-refractivity contribution in [2.75, 3.05) is 11.9 Å². The van der Waals surface area contributed by atoms with Crippen LogP contribution < -0.4 is 10.1 Å². The summed E-state index contributed by atoms with van der Waals surface area (Å²) in [7, 11) is 0. The lowest BCUT2D eigenvalue weighted by molar-refractivity contribution is -0.129. The zero-order valence-corrected chi connectivity index (χ0v) is 15.8. The van der Waals surface area contributed by atoms with Crippen LogP contribution in [0, 0.1) is 5.92 Å². The third kappa shape index (κ3) is 3.55. The van der Waals surface area contributed by atoms with Crippen LogP contribution in [0.4, 0.5) is 5.69 Å². The van der Waals surface area contributed by atoms with Gasteiger partial charge < -0.3 is 19.9 Å². The fourth-order valence-corrected chi connectivity index (χ4v) is 3.42. The molecule has 1 aliphatic rings. The summed E-state index contributed by atoms with van der Waals surface area (Å²) in [6, 6.07) is 11.3. The van der Waals surface area contributed by atoms with Gasteiger partial charge >= 0.3 is 0 Å². The Morgan fingerprint density at radius 1 is 1.29 bits per heavy atom. The second kappa shape index (κ2) is 7.34. The lowest BCUT2D eigenvalue weighted by Gasteiger charge is -2.20. The first-order valence-corrected chi connectivity index (χ1v) is 9.31. The summed E-state index contributed by atoms with van der Waals surface area (Å²) < 4.78 is 5.87. The van der Waals surface area contributed by atoms with Gasteiger partial charge in [0.2, 0.25) is 17.7 Å². The second-order valence-electron chi connectivity index (χ2n) is 7.21. The number of ether oxygens (including phenoxy) is 1. The van der Waals surface area contributed by atoms with Crippen molar-refractivity contribution in [2.24, 2.45) is 5.92 Å². The summed E-state index contributed by atoms with van der Waals surface area (Å²) in [6.07, 6.45) is 3.67. The molecule has 28 heavy (non-hydrogen) atoms. The van der Waals surface area contributed by atoms with E-state index in [0.29, 0.717) is 23.9 Å². The molecule has 1 unspecified atom stereocenters. The number of rotatable bonds is 5. The number of carbonyl (C=O) groups excluding carboxylic acids is 2. The summed E-state index contributed by atoms with van der Waals surface area (Å²) >= 11 is 0. The molecule has 3 heterocycles. The zero-order valence-electron chi connectivity index (χ0n) is 15.8. The molecule has 1 aromatic carbocycles. The third-order valence-corrected chi connectivity index (χ3v) is 4.93. The van der Waals surface area contributed by atoms with E-state index in [1.54, 1.807) is 23.2 Å². The average molecular weight is 378 g/mol. The van der Waals surface area contributed by atoms with Crippen molar-refractivity contribution in [3.63, 3.8) is 0 Å². The van der Waals surface area contributed by atoms with Gasteiger partial charge in [-0.15, -0.1) is 0 Å². The topological polar surface area (TPSA) is 87.3 Å². The van der Waals surface area contributed by atoms with Crippen LogP contribution in [0.3, 0.4) is 0 Å². The van der Waals surface area contributed by atoms with Crippen molar-refractivity contribution in [3.8, 4) is 11.6 Å². The Labute approximate surface area is 162 Å². The molecule has 0 saturated carbocycles. The third-order valence-electron chi connectivity index (χ3n) is 4.93. The van der Waals surface area contributed by atoms with Crippen LogP contribution in [-0.4, -0.2) is 39.3 Å². The maximum absolute atomic E-state index is 12.5. The van der Waals surface area contributed by atoms with Crippen LogP contribution in [0.1, 0.15) is 20.3 Å². The monoisotopic (exact) mass is 378 g/mol. The number of pyridine rings is 1. The van der Waals surface area contributed by atoms with Gasteiger partial charge in [0.1, 0.15) is 5.75 Å². The Morgan fingerprint density at radius 3 is 2.86 bits per heavy atom. The molecular formula is C21H22N4O3. The number of anilines is 1. The molecule has 2 aromatic heterocycles. The molecule has 144 valence electrons. The number of amides is 2. The summed E-state index contributed by atoms with van der Waals surface area (Å²) in [6.45, 7) is 4.36. The molecule has 1 fully saturated rings. The second-order valence-corrected chi connectivity index (χ2v) is 7.21. The van der Waals surface area contributed by atoms with E-state index in [2.05, 4.69) is 15.3 Å². The molecule has 1 saturated heterocycles. The van der Waals surface area contributed by atoms with Gasteiger partial charge in [-0.2, -0.15) is 0 Å². The predicted octanol–water partition coefficient (Wildman–Crippen LogP) is 3.55. The number of nitrogens with one attached hydrogen (secondary N) is 2. The quantitative estimate of drug-likeness (QED) is 0.711. The highest BCUT2D eigenvalue weighted by molar-refractivity contribution is 5.97. The Bertz CT molecular complexity index is 1010. The number of likely N-dealkylation sites (tertiary alicyclic amines) is 1. The van der Waals surface area contributed by atoms with Gasteiger partial charge in [0.15, 0.2) is 0 Å². The maximum Gasteiger partial charge on any atom is 0.229 e. The van der Waals surface area contributed by atoms with Crippen molar-refractivity contribution in [1.82, 2.24) is 14.9 Å². The number of aromatic amines is 1. The molecule has 0 aliphatic carbocycles. The molecule has 0 spiro atoms. The standard InChI is InChI=1S/C21H22N4O3/c1-13(2)25-12-14(10-20(25)26)21(27)24-15-6-7-19(23-11-15)28-18-5-3-4-17-16(18)8-9-22-17/h3-9,11,13-14,22H,10,12H2,1-2H3,(H,24,27). The normalized spacial score (nSPS) is 16.8. The van der Waals surface area contributed by atoms with Crippen molar-refractivity contribution >= 4 is 28.4 Å². The number of fused-ring (bicyclic) bond motifs is 1. The molecule has 2 amide bonds. The predicted molar refractivity (Wildman–Crippen MR) is 106 cm³/mol. The number of nitrogens with zero attached hydrogens (tertiary/aromatic N) is 2. The molecule has 3 aromatic rings. The van der Waals surface area contributed by atoms with E-state index in [1.165, 1.54) is 0 Å². The summed E-state index contributed by atoms with van der Waals surface area (Å²) in [5.41, 5.74) is 1.57. The van der Waals surface area contributed by atoms with Crippen LogP contribution in [0.2, 0.25) is 0 Å². The van der Waals surface area contributed by atoms with Crippen LogP contribution in [0.5, 0.6) is 11.6 Å². The zero-order chi connectivity index (χ0) is 19.7. The van der Waals surface area contributed by atoms with Gasteiger partial charge in [-0.1, -0.05) is 6.07 Å². The molecule has 0 radical (unpaired) electrons. The smallest absolute Gasteiger partial charge is 0.229 e. The fraction of sp³-hybridized carbons (Fsp3) is 0.286. The molecule has 1 atom stereocenters. The highest BCUT2D eigenvalue weighted by Crippen LogP contribution is 2.29. The molecule has 7 nitrogen and oxygen atoms in total. The van der Waals surface area contributed by atoms with Crippen molar-refractivity contribution in [2.45, 2.75) is 26.3 Å². The number of aromatic nitrogens is 2. The minimum atomic E-state index is -0.336. The van der Waals surface area contributed by atoms with E-state index in [9.17, 15) is 9.59 Å². The summed E-state index contributed by atoms with van der Waals surface area (Å²) in [5.74, 6) is 0.673. The van der Waals surface area contributed by atoms with Crippen LogP contribution >= 0.6 is 0 Å². The van der Waals surface area contributed by atoms with Gasteiger partial charge in [0.05, 0.1) is 17.8 Å². The molecule has 0 bridgehead atoms. The van der Waals surface area contributed by atoms with Crippen LogP contribution in [0.25, 0.3) is 10.9 Å². The molecule has 4 rings (SSSR count). The van der Waals surface area contributed by atoms with Crippen LogP contribution in [0.15, 0.2) is 48.8 Å². The average Bonchev–Trinajstić information content (AvgIpc) is 3.30. The van der Waals surface area contributed by atoms with E-state index in [4.69, 9.17) is 4.74 Å². The van der Waals surface area contributed by atoms with Crippen molar-refractivity contribution < 1.29 is 14.3 Å². The van der Waals surface area contributed by atoms with Gasteiger partial charge in [-0.25, -0.2) is 4.98 Å². The number of hydrogen-bond acceptors (Lipinski definition) is 4. The summed E-state index contributed by atoms with van der Waals surface area (Å²) in [4.78, 5) is 33.6. The van der Waals surface area contributed by atoms with E-state index in [-0.39, 0.29) is 30.2 Å². The SMILES string of the molecule is CC(C)N1CC(C(=O)Nc2ccc(Oc3cccc4[nH]ccc34)nc2)CC1=O. The lowest BCUT2D eigenvalue weighted by atomic mass is 10.1. The first kappa shape index (κ1) is 18.0. The fourth-order valence-electron chi connectivity index (χ4n) is 3.42. The van der Waals surface area contributed by atoms with E-state index in [1.807, 2.05) is 44.3 Å². The Morgan fingerprint density at radius 2 is 2.14 bits per heavy atom. The van der Waals surface area contributed by atoms with Gasteiger partial charge in [0, 0.05) is 42.2 Å². The largest absolute Gasteiger partial charge is 0.438 e. The number of hydrogen-bond donors (Lipinski definition) is 2. The minimum absolute atomic E-state index is 0.0240. The summed E-state index contributed by atoms with van der Waals surface area (Å²) in [5, 5.41) is 3.81.